The first kappa shape index (κ1) is 17.4. The molecule has 1 atom stereocenters. The molecule has 3 rings (SSSR count). The van der Waals surface area contributed by atoms with Crippen LogP contribution in [0.4, 0.5) is 10.5 Å². The summed E-state index contributed by atoms with van der Waals surface area (Å²) in [5.74, 6) is -0.0832. The van der Waals surface area contributed by atoms with Gasteiger partial charge in [-0.1, -0.05) is 68.2 Å². The smallest absolute Gasteiger partial charge is 0.282 e. The van der Waals surface area contributed by atoms with Gasteiger partial charge >= 0.3 is 6.03 Å². The Labute approximate surface area is 150 Å². The molecule has 0 saturated carbocycles. The van der Waals surface area contributed by atoms with Crippen LogP contribution in [0.5, 0.6) is 0 Å². The Bertz CT molecular complexity index is 756. The number of amides is 3. The molecule has 0 N–H and O–H groups in total. The van der Waals surface area contributed by atoms with Crippen molar-refractivity contribution in [3.63, 3.8) is 0 Å². The third-order valence-corrected chi connectivity index (χ3v) is 5.93. The Morgan fingerprint density at radius 3 is 2.00 bits per heavy atom. The monoisotopic (exact) mass is 352 g/mol. The minimum Gasteiger partial charge on any atom is -0.282 e. The van der Waals surface area contributed by atoms with Gasteiger partial charge in [-0.2, -0.15) is 0 Å². The van der Waals surface area contributed by atoms with Crippen LogP contribution in [0, 0.1) is 0 Å². The summed E-state index contributed by atoms with van der Waals surface area (Å²) in [4.78, 5) is 29.2. The molecule has 0 aliphatic carbocycles. The molecule has 130 valence electrons. The average molecular weight is 353 g/mol. The van der Waals surface area contributed by atoms with Gasteiger partial charge in [-0.15, -0.1) is 0 Å². The lowest BCUT2D eigenvalue weighted by molar-refractivity contribution is -0.127. The molecule has 1 unspecified atom stereocenters. The number of hydrogen-bond donors (Lipinski definition) is 0. The van der Waals surface area contributed by atoms with Crippen molar-refractivity contribution in [2.24, 2.45) is 0 Å². The van der Waals surface area contributed by atoms with E-state index in [1.54, 1.807) is 4.90 Å². The van der Waals surface area contributed by atoms with Crippen LogP contribution in [0.25, 0.3) is 0 Å². The van der Waals surface area contributed by atoms with Crippen LogP contribution in [0.1, 0.15) is 5.56 Å². The molecule has 25 heavy (non-hydrogen) atoms. The standard InChI is InChI=1S/C20H24N2O2Si/c1-25(2,3)15-18-19(23)21(14-16-10-6-4-7-11-16)20(24)22(18)17-12-8-5-9-13-17/h4-13,18H,14-15H2,1-3H3. The fourth-order valence-electron chi connectivity index (χ4n) is 3.20. The third kappa shape index (κ3) is 3.82. The molecule has 0 radical (unpaired) electrons. The van der Waals surface area contributed by atoms with Crippen molar-refractivity contribution in [2.45, 2.75) is 38.3 Å². The molecule has 0 bridgehead atoms. The first-order valence-corrected chi connectivity index (χ1v) is 12.3. The van der Waals surface area contributed by atoms with E-state index >= 15 is 0 Å². The highest BCUT2D eigenvalue weighted by Gasteiger charge is 2.47. The van der Waals surface area contributed by atoms with Crippen molar-refractivity contribution in [2.75, 3.05) is 4.90 Å². The highest BCUT2D eigenvalue weighted by Crippen LogP contribution is 2.31. The topological polar surface area (TPSA) is 40.6 Å². The number of anilines is 1. The number of carbonyl (C=O) groups is 2. The van der Waals surface area contributed by atoms with Gasteiger partial charge in [0.05, 0.1) is 6.54 Å². The Kier molecular flexibility index (Phi) is 4.77. The van der Waals surface area contributed by atoms with Gasteiger partial charge in [-0.3, -0.25) is 14.6 Å². The Balaban J connectivity index is 1.94. The molecule has 1 saturated heterocycles. The molecule has 3 amide bonds. The summed E-state index contributed by atoms with van der Waals surface area (Å²) in [6.07, 6.45) is 0. The predicted octanol–water partition coefficient (Wildman–Crippen LogP) is 4.36. The van der Waals surface area contributed by atoms with Crippen molar-refractivity contribution in [3.05, 3.63) is 66.2 Å². The maximum absolute atomic E-state index is 13.1. The largest absolute Gasteiger partial charge is 0.332 e. The molecule has 1 aliphatic heterocycles. The summed E-state index contributed by atoms with van der Waals surface area (Å²) in [6, 6.07) is 19.3. The van der Waals surface area contributed by atoms with E-state index in [0.29, 0.717) is 6.54 Å². The normalized spacial score (nSPS) is 18.1. The predicted molar refractivity (Wildman–Crippen MR) is 103 cm³/mol. The van der Waals surface area contributed by atoms with Gasteiger partial charge in [0, 0.05) is 13.8 Å². The average Bonchev–Trinajstić information content (AvgIpc) is 2.80. The molecule has 0 spiro atoms. The van der Waals surface area contributed by atoms with Crippen molar-refractivity contribution >= 4 is 25.7 Å². The molecular weight excluding hydrogens is 328 g/mol. The lowest BCUT2D eigenvalue weighted by atomic mass is 10.2. The van der Waals surface area contributed by atoms with Crippen molar-refractivity contribution in [1.29, 1.82) is 0 Å². The Morgan fingerprint density at radius 2 is 1.44 bits per heavy atom. The molecule has 1 heterocycles. The van der Waals surface area contributed by atoms with Crippen LogP contribution in [-0.2, 0) is 11.3 Å². The van der Waals surface area contributed by atoms with Crippen LogP contribution in [0.3, 0.4) is 0 Å². The fourth-order valence-corrected chi connectivity index (χ4v) is 4.71. The number of para-hydroxylation sites is 1. The third-order valence-electron chi connectivity index (χ3n) is 4.32. The van der Waals surface area contributed by atoms with Crippen LogP contribution in [0.15, 0.2) is 60.7 Å². The Hall–Kier alpha value is -2.40. The molecule has 4 nitrogen and oxygen atoms in total. The van der Waals surface area contributed by atoms with Crippen LogP contribution >= 0.6 is 0 Å². The van der Waals surface area contributed by atoms with Gasteiger partial charge in [-0.25, -0.2) is 4.79 Å². The van der Waals surface area contributed by atoms with Gasteiger partial charge in [0.15, 0.2) is 0 Å². The number of benzene rings is 2. The fraction of sp³-hybridized carbons (Fsp3) is 0.300. The number of urea groups is 1. The van der Waals surface area contributed by atoms with Gasteiger partial charge in [0.25, 0.3) is 5.91 Å². The highest BCUT2D eigenvalue weighted by atomic mass is 28.3. The number of imide groups is 1. The van der Waals surface area contributed by atoms with Crippen LogP contribution < -0.4 is 4.90 Å². The van der Waals surface area contributed by atoms with E-state index in [1.165, 1.54) is 4.90 Å². The summed E-state index contributed by atoms with van der Waals surface area (Å²) in [6.45, 7) is 7.01. The minimum atomic E-state index is -1.53. The zero-order valence-electron chi connectivity index (χ0n) is 15.0. The second-order valence-electron chi connectivity index (χ2n) is 7.68. The summed E-state index contributed by atoms with van der Waals surface area (Å²) in [7, 11) is -1.53. The summed E-state index contributed by atoms with van der Waals surface area (Å²) in [5.41, 5.74) is 1.76. The zero-order valence-corrected chi connectivity index (χ0v) is 16.0. The molecule has 2 aromatic carbocycles. The van der Waals surface area contributed by atoms with E-state index in [0.717, 1.165) is 17.3 Å². The lowest BCUT2D eigenvalue weighted by Gasteiger charge is -2.26. The molecule has 1 aliphatic rings. The number of hydrogen-bond acceptors (Lipinski definition) is 2. The van der Waals surface area contributed by atoms with Gasteiger partial charge in [0.2, 0.25) is 0 Å². The first-order valence-electron chi connectivity index (χ1n) is 8.60. The number of rotatable bonds is 5. The summed E-state index contributed by atoms with van der Waals surface area (Å²) >= 11 is 0. The summed E-state index contributed by atoms with van der Waals surface area (Å²) in [5, 5.41) is 0. The van der Waals surface area contributed by atoms with Crippen molar-refractivity contribution in [3.8, 4) is 0 Å². The molecular formula is C20H24N2O2Si. The summed E-state index contributed by atoms with van der Waals surface area (Å²) < 4.78 is 0. The quantitative estimate of drug-likeness (QED) is 0.592. The van der Waals surface area contributed by atoms with Gasteiger partial charge < -0.3 is 0 Å². The van der Waals surface area contributed by atoms with Crippen LogP contribution in [0.2, 0.25) is 25.7 Å². The van der Waals surface area contributed by atoms with E-state index in [1.807, 2.05) is 60.7 Å². The number of carbonyl (C=O) groups excluding carboxylic acids is 2. The van der Waals surface area contributed by atoms with Crippen LogP contribution in [-0.4, -0.2) is 31.0 Å². The van der Waals surface area contributed by atoms with E-state index in [4.69, 9.17) is 0 Å². The van der Waals surface area contributed by atoms with Gasteiger partial charge in [0.1, 0.15) is 6.04 Å². The maximum Gasteiger partial charge on any atom is 0.332 e. The number of nitrogens with zero attached hydrogens (tertiary/aromatic N) is 2. The first-order chi connectivity index (χ1) is 11.9. The van der Waals surface area contributed by atoms with Crippen molar-refractivity contribution in [1.82, 2.24) is 4.90 Å². The lowest BCUT2D eigenvalue weighted by Crippen LogP contribution is -2.40. The zero-order chi connectivity index (χ0) is 18.0. The second kappa shape index (κ2) is 6.84. The van der Waals surface area contributed by atoms with E-state index < -0.39 is 14.1 Å². The Morgan fingerprint density at radius 1 is 0.880 bits per heavy atom. The van der Waals surface area contributed by atoms with E-state index in [2.05, 4.69) is 19.6 Å². The molecule has 2 aromatic rings. The highest BCUT2D eigenvalue weighted by molar-refractivity contribution is 6.76. The minimum absolute atomic E-state index is 0.0832. The second-order valence-corrected chi connectivity index (χ2v) is 13.2. The van der Waals surface area contributed by atoms with E-state index in [9.17, 15) is 9.59 Å². The molecule has 1 fully saturated rings. The van der Waals surface area contributed by atoms with Gasteiger partial charge in [-0.05, 0) is 23.7 Å². The molecule has 5 heteroatoms. The van der Waals surface area contributed by atoms with Crippen molar-refractivity contribution < 1.29 is 9.59 Å². The molecule has 0 aromatic heterocycles. The maximum atomic E-state index is 13.1. The van der Waals surface area contributed by atoms with E-state index in [-0.39, 0.29) is 11.9 Å². The SMILES string of the molecule is C[Si](C)(C)CC1C(=O)N(Cc2ccccc2)C(=O)N1c1ccccc1.